The summed E-state index contributed by atoms with van der Waals surface area (Å²) >= 11 is 0. The highest BCUT2D eigenvalue weighted by Gasteiger charge is 2.36. The Bertz CT molecular complexity index is 430. The summed E-state index contributed by atoms with van der Waals surface area (Å²) in [6, 6.07) is 9.53. The van der Waals surface area contributed by atoms with Crippen LogP contribution in [0, 0.1) is 23.7 Å². The Morgan fingerprint density at radius 3 is 2.60 bits per heavy atom. The number of benzene rings is 1. The maximum Gasteiger partial charge on any atom is 0.335 e. The van der Waals surface area contributed by atoms with Gasteiger partial charge in [-0.3, -0.25) is 0 Å². The van der Waals surface area contributed by atoms with Gasteiger partial charge in [-0.2, -0.15) is 0 Å². The number of carbonyl (C=O) groups excluding carboxylic acids is 1. The van der Waals surface area contributed by atoms with Crippen LogP contribution in [0.1, 0.15) is 40.0 Å². The van der Waals surface area contributed by atoms with E-state index in [0.29, 0.717) is 17.8 Å². The standard InChI is InChI=1S/C17H25NO2/c1-12(2)15-10-9-13(3)11-16(15)17(19)20-18-14-7-5-4-6-8-14/h4-8,12-13,15-16,18H,9-11H2,1-3H3. The maximum absolute atomic E-state index is 12.3. The summed E-state index contributed by atoms with van der Waals surface area (Å²) in [5.41, 5.74) is 3.58. The number of hydrogen-bond donors (Lipinski definition) is 1. The van der Waals surface area contributed by atoms with Gasteiger partial charge in [0.25, 0.3) is 0 Å². The third kappa shape index (κ3) is 3.75. The fraction of sp³-hybridized carbons (Fsp3) is 0.588. The molecule has 0 aromatic heterocycles. The summed E-state index contributed by atoms with van der Waals surface area (Å²) in [4.78, 5) is 17.7. The molecule has 1 fully saturated rings. The lowest BCUT2D eigenvalue weighted by molar-refractivity contribution is -0.150. The van der Waals surface area contributed by atoms with E-state index in [4.69, 9.17) is 4.84 Å². The van der Waals surface area contributed by atoms with E-state index in [-0.39, 0.29) is 11.9 Å². The highest BCUT2D eigenvalue weighted by Crippen LogP contribution is 2.38. The number of carbonyl (C=O) groups is 1. The summed E-state index contributed by atoms with van der Waals surface area (Å²) in [5, 5.41) is 0. The highest BCUT2D eigenvalue weighted by molar-refractivity contribution is 5.74. The van der Waals surface area contributed by atoms with E-state index in [0.717, 1.165) is 18.5 Å². The lowest BCUT2D eigenvalue weighted by atomic mass is 9.70. The molecule has 3 nitrogen and oxygen atoms in total. The minimum atomic E-state index is -0.112. The Morgan fingerprint density at radius 2 is 1.95 bits per heavy atom. The molecule has 3 unspecified atom stereocenters. The molecule has 1 aromatic rings. The molecule has 0 radical (unpaired) electrons. The zero-order valence-electron chi connectivity index (χ0n) is 12.6. The first-order valence-corrected chi connectivity index (χ1v) is 7.59. The molecule has 1 aliphatic rings. The van der Waals surface area contributed by atoms with Gasteiger partial charge < -0.3 is 4.84 Å². The van der Waals surface area contributed by atoms with Crippen LogP contribution in [-0.2, 0) is 9.63 Å². The van der Waals surface area contributed by atoms with Crippen LogP contribution in [0.5, 0.6) is 0 Å². The van der Waals surface area contributed by atoms with Crippen LogP contribution >= 0.6 is 0 Å². The predicted octanol–water partition coefficient (Wildman–Crippen LogP) is 4.27. The largest absolute Gasteiger partial charge is 0.343 e. The van der Waals surface area contributed by atoms with Gasteiger partial charge in [-0.1, -0.05) is 45.4 Å². The van der Waals surface area contributed by atoms with Gasteiger partial charge in [0.2, 0.25) is 0 Å². The number of rotatable bonds is 4. The average molecular weight is 275 g/mol. The van der Waals surface area contributed by atoms with Crippen LogP contribution in [0.4, 0.5) is 5.69 Å². The molecule has 2 rings (SSSR count). The van der Waals surface area contributed by atoms with Crippen molar-refractivity contribution in [3.8, 4) is 0 Å². The summed E-state index contributed by atoms with van der Waals surface area (Å²) < 4.78 is 0. The van der Waals surface area contributed by atoms with Gasteiger partial charge in [-0.25, -0.2) is 10.3 Å². The summed E-state index contributed by atoms with van der Waals surface area (Å²) in [6.45, 7) is 6.62. The van der Waals surface area contributed by atoms with Gasteiger partial charge in [0, 0.05) is 0 Å². The Labute approximate surface area is 121 Å². The lowest BCUT2D eigenvalue weighted by Gasteiger charge is -2.35. The first kappa shape index (κ1) is 14.9. The molecule has 1 aliphatic carbocycles. The average Bonchev–Trinajstić information content (AvgIpc) is 2.45. The molecule has 0 aliphatic heterocycles. The Morgan fingerprint density at radius 1 is 1.25 bits per heavy atom. The van der Waals surface area contributed by atoms with Crippen LogP contribution in [-0.4, -0.2) is 5.97 Å². The Balaban J connectivity index is 1.95. The molecule has 1 aromatic carbocycles. The third-order valence-corrected chi connectivity index (χ3v) is 4.37. The molecule has 3 heteroatoms. The smallest absolute Gasteiger partial charge is 0.335 e. The molecule has 1 saturated carbocycles. The molecule has 3 atom stereocenters. The zero-order valence-corrected chi connectivity index (χ0v) is 12.6. The van der Waals surface area contributed by atoms with Crippen molar-refractivity contribution >= 4 is 11.7 Å². The van der Waals surface area contributed by atoms with E-state index in [2.05, 4.69) is 26.3 Å². The van der Waals surface area contributed by atoms with Gasteiger partial charge in [0.1, 0.15) is 0 Å². The topological polar surface area (TPSA) is 38.3 Å². The molecule has 0 heterocycles. The summed E-state index contributed by atoms with van der Waals surface area (Å²) in [7, 11) is 0. The Hall–Kier alpha value is -1.51. The van der Waals surface area contributed by atoms with E-state index >= 15 is 0 Å². The molecule has 0 saturated heterocycles. The second-order valence-electron chi connectivity index (χ2n) is 6.32. The molecule has 0 spiro atoms. The molecule has 0 bridgehead atoms. The van der Waals surface area contributed by atoms with Crippen LogP contribution < -0.4 is 5.48 Å². The van der Waals surface area contributed by atoms with Crippen molar-refractivity contribution in [2.75, 3.05) is 5.48 Å². The van der Waals surface area contributed by atoms with Gasteiger partial charge in [-0.15, -0.1) is 0 Å². The molecule has 0 amide bonds. The third-order valence-electron chi connectivity index (χ3n) is 4.37. The van der Waals surface area contributed by atoms with Crippen molar-refractivity contribution in [1.82, 2.24) is 0 Å². The van der Waals surface area contributed by atoms with Gasteiger partial charge >= 0.3 is 5.97 Å². The second kappa shape index (κ2) is 6.78. The van der Waals surface area contributed by atoms with E-state index in [1.807, 2.05) is 30.3 Å². The van der Waals surface area contributed by atoms with Crippen molar-refractivity contribution in [2.45, 2.75) is 40.0 Å². The summed E-state index contributed by atoms with van der Waals surface area (Å²) in [5.74, 6) is 1.49. The monoisotopic (exact) mass is 275 g/mol. The van der Waals surface area contributed by atoms with Crippen molar-refractivity contribution in [1.29, 1.82) is 0 Å². The second-order valence-corrected chi connectivity index (χ2v) is 6.32. The SMILES string of the molecule is CC1CCC(C(C)C)C(C(=O)ONc2ccccc2)C1. The minimum absolute atomic E-state index is 0.0231. The first-order chi connectivity index (χ1) is 9.58. The van der Waals surface area contributed by atoms with Crippen molar-refractivity contribution in [3.63, 3.8) is 0 Å². The van der Waals surface area contributed by atoms with Crippen LogP contribution in [0.15, 0.2) is 30.3 Å². The lowest BCUT2D eigenvalue weighted by Crippen LogP contribution is -2.35. The van der Waals surface area contributed by atoms with Crippen LogP contribution in [0.25, 0.3) is 0 Å². The van der Waals surface area contributed by atoms with E-state index < -0.39 is 0 Å². The van der Waals surface area contributed by atoms with Crippen molar-refractivity contribution < 1.29 is 9.63 Å². The molecular formula is C17H25NO2. The molecule has 1 N–H and O–H groups in total. The van der Waals surface area contributed by atoms with Gasteiger partial charge in [-0.05, 0) is 42.7 Å². The normalized spacial score (nSPS) is 26.3. The van der Waals surface area contributed by atoms with Crippen molar-refractivity contribution in [2.24, 2.45) is 23.7 Å². The molecule has 20 heavy (non-hydrogen) atoms. The first-order valence-electron chi connectivity index (χ1n) is 7.59. The highest BCUT2D eigenvalue weighted by atomic mass is 16.7. The minimum Gasteiger partial charge on any atom is -0.343 e. The van der Waals surface area contributed by atoms with Gasteiger partial charge in [0.05, 0.1) is 11.6 Å². The molecular weight excluding hydrogens is 250 g/mol. The van der Waals surface area contributed by atoms with E-state index in [9.17, 15) is 4.79 Å². The maximum atomic E-state index is 12.3. The predicted molar refractivity (Wildman–Crippen MR) is 81.0 cm³/mol. The number of nitrogens with one attached hydrogen (secondary N) is 1. The van der Waals surface area contributed by atoms with Crippen molar-refractivity contribution in [3.05, 3.63) is 30.3 Å². The van der Waals surface area contributed by atoms with E-state index in [1.165, 1.54) is 6.42 Å². The van der Waals surface area contributed by atoms with Crippen LogP contribution in [0.2, 0.25) is 0 Å². The number of para-hydroxylation sites is 1. The number of hydrogen-bond acceptors (Lipinski definition) is 3. The van der Waals surface area contributed by atoms with Crippen LogP contribution in [0.3, 0.4) is 0 Å². The summed E-state index contributed by atoms with van der Waals surface area (Å²) in [6.07, 6.45) is 3.29. The molecule has 110 valence electrons. The fourth-order valence-electron chi connectivity index (χ4n) is 3.16. The fourth-order valence-corrected chi connectivity index (χ4v) is 3.16. The van der Waals surface area contributed by atoms with E-state index in [1.54, 1.807) is 0 Å². The van der Waals surface area contributed by atoms with Gasteiger partial charge in [0.15, 0.2) is 0 Å². The zero-order chi connectivity index (χ0) is 14.5. The number of anilines is 1. The Kier molecular flexibility index (Phi) is 5.05. The quantitative estimate of drug-likeness (QED) is 0.834.